The second-order valence-electron chi connectivity index (χ2n) is 14.6. The summed E-state index contributed by atoms with van der Waals surface area (Å²) in [6, 6.07) is 8.37. The van der Waals surface area contributed by atoms with Gasteiger partial charge in [-0.3, -0.25) is 14.0 Å². The first-order valence-corrected chi connectivity index (χ1v) is 16.2. The zero-order valence-corrected chi connectivity index (χ0v) is 28.0. The van der Waals surface area contributed by atoms with Crippen molar-refractivity contribution in [2.75, 3.05) is 31.5 Å². The molecular weight excluding hydrogens is 594 g/mol. The highest BCUT2D eigenvalue weighted by Gasteiger charge is 2.33. The van der Waals surface area contributed by atoms with Crippen LogP contribution in [0.4, 0.5) is 10.5 Å². The lowest BCUT2D eigenvalue weighted by Crippen LogP contribution is -2.42. The average Bonchev–Trinajstić information content (AvgIpc) is 3.79. The van der Waals surface area contributed by atoms with E-state index in [9.17, 15) is 14.9 Å². The number of fused-ring (bicyclic) bond motifs is 1. The monoisotopic (exact) mass is 637 g/mol. The second-order valence-corrected chi connectivity index (χ2v) is 14.6. The van der Waals surface area contributed by atoms with Gasteiger partial charge < -0.3 is 19.9 Å². The molecule has 47 heavy (non-hydrogen) atoms. The molecule has 0 bridgehead atoms. The number of likely N-dealkylation sites (tertiary alicyclic amines) is 2. The van der Waals surface area contributed by atoms with Crippen LogP contribution in [0.2, 0.25) is 0 Å². The summed E-state index contributed by atoms with van der Waals surface area (Å²) >= 11 is 0. The molecule has 1 N–H and O–H groups in total. The molecular formula is C35H43N9O3. The third-order valence-electron chi connectivity index (χ3n) is 8.71. The molecule has 12 heteroatoms. The standard InChI is InChI=1S/C35H43N9O3/c1-34(2,3)31(45)42-11-8-27(22-42)40-29-16-30-23(15-24(29)17-36)7-14-43(30)32-37-18-25(19-38-32)26-20-39-44(21-26)28-9-12-41(13-10-28)33(46)47-35(4,5)6/h7,14-16,18-21,27-28,40H,8-13,22H2,1-6H3/t27-/m1/s1. The van der Waals surface area contributed by atoms with Crippen molar-refractivity contribution in [3.8, 4) is 23.1 Å². The van der Waals surface area contributed by atoms with Gasteiger partial charge in [-0.25, -0.2) is 14.8 Å². The van der Waals surface area contributed by atoms with Crippen LogP contribution < -0.4 is 5.32 Å². The molecule has 4 aromatic rings. The fraction of sp³-hybridized carbons (Fsp3) is 0.486. The average molecular weight is 638 g/mol. The molecule has 2 saturated heterocycles. The number of carbonyl (C=O) groups is 2. The van der Waals surface area contributed by atoms with Gasteiger partial charge in [-0.1, -0.05) is 20.8 Å². The second kappa shape index (κ2) is 12.4. The summed E-state index contributed by atoms with van der Waals surface area (Å²) in [7, 11) is 0. The van der Waals surface area contributed by atoms with Gasteiger partial charge in [-0.05, 0) is 58.2 Å². The van der Waals surface area contributed by atoms with Crippen molar-refractivity contribution >= 4 is 28.6 Å². The van der Waals surface area contributed by atoms with Gasteiger partial charge in [0.05, 0.1) is 29.0 Å². The van der Waals surface area contributed by atoms with Crippen molar-refractivity contribution in [1.82, 2.24) is 34.1 Å². The van der Waals surface area contributed by atoms with Crippen molar-refractivity contribution in [3.05, 3.63) is 54.7 Å². The normalized spacial score (nSPS) is 17.6. The first-order chi connectivity index (χ1) is 22.3. The SMILES string of the molecule is CC(C)(C)OC(=O)N1CCC(n2cc(-c3cnc(-n4ccc5cc(C#N)c(N[C@@H]6CCN(C(=O)C(C)(C)C)C6)cc54)nc3)cn2)CC1. The molecule has 6 rings (SSSR count). The fourth-order valence-corrected chi connectivity index (χ4v) is 6.25. The van der Waals surface area contributed by atoms with E-state index in [1.54, 1.807) is 17.3 Å². The highest BCUT2D eigenvalue weighted by Crippen LogP contribution is 2.30. The Hall–Kier alpha value is -4.92. The Balaban J connectivity index is 1.14. The van der Waals surface area contributed by atoms with E-state index in [4.69, 9.17) is 4.74 Å². The number of amides is 2. The molecule has 0 unspecified atom stereocenters. The van der Waals surface area contributed by atoms with Crippen molar-refractivity contribution in [3.63, 3.8) is 0 Å². The van der Waals surface area contributed by atoms with E-state index in [0.29, 0.717) is 37.7 Å². The first-order valence-electron chi connectivity index (χ1n) is 16.2. The Morgan fingerprint density at radius 1 is 0.957 bits per heavy atom. The number of nitriles is 1. The van der Waals surface area contributed by atoms with Gasteiger partial charge in [0.25, 0.3) is 0 Å². The lowest BCUT2D eigenvalue weighted by molar-refractivity contribution is -0.138. The molecule has 0 aliphatic carbocycles. The molecule has 12 nitrogen and oxygen atoms in total. The minimum Gasteiger partial charge on any atom is -0.444 e. The molecule has 2 fully saturated rings. The smallest absolute Gasteiger partial charge is 0.410 e. The summed E-state index contributed by atoms with van der Waals surface area (Å²) in [5, 5.41) is 19.0. The van der Waals surface area contributed by atoms with E-state index in [1.807, 2.05) is 92.5 Å². The molecule has 2 aliphatic rings. The molecule has 5 heterocycles. The van der Waals surface area contributed by atoms with Crippen LogP contribution in [0.3, 0.4) is 0 Å². The van der Waals surface area contributed by atoms with Gasteiger partial charge in [-0.2, -0.15) is 10.4 Å². The number of hydrogen-bond acceptors (Lipinski definition) is 8. The summed E-state index contributed by atoms with van der Waals surface area (Å²) < 4.78 is 9.41. The lowest BCUT2D eigenvalue weighted by Gasteiger charge is -2.33. The van der Waals surface area contributed by atoms with E-state index in [-0.39, 0.29) is 24.1 Å². The van der Waals surface area contributed by atoms with E-state index in [1.165, 1.54) is 0 Å². The maximum atomic E-state index is 12.8. The Labute approximate surface area is 275 Å². The number of ether oxygens (including phenoxy) is 1. The molecule has 2 aliphatic heterocycles. The Morgan fingerprint density at radius 2 is 1.66 bits per heavy atom. The number of rotatable bonds is 5. The lowest BCUT2D eigenvalue weighted by atomic mass is 9.95. The largest absolute Gasteiger partial charge is 0.444 e. The van der Waals surface area contributed by atoms with Crippen molar-refractivity contribution < 1.29 is 14.3 Å². The van der Waals surface area contributed by atoms with Crippen LogP contribution in [-0.4, -0.2) is 83.9 Å². The van der Waals surface area contributed by atoms with Crippen LogP contribution in [0.5, 0.6) is 0 Å². The Bertz CT molecular complexity index is 1810. The fourth-order valence-electron chi connectivity index (χ4n) is 6.25. The number of nitrogens with zero attached hydrogens (tertiary/aromatic N) is 8. The van der Waals surface area contributed by atoms with Crippen LogP contribution >= 0.6 is 0 Å². The van der Waals surface area contributed by atoms with Crippen LogP contribution in [0, 0.1) is 16.7 Å². The number of benzene rings is 1. The Kier molecular flexibility index (Phi) is 8.42. The van der Waals surface area contributed by atoms with E-state index in [2.05, 4.69) is 26.5 Å². The Morgan fingerprint density at radius 3 is 2.32 bits per heavy atom. The molecule has 2 amide bonds. The number of hydrogen-bond donors (Lipinski definition) is 1. The van der Waals surface area contributed by atoms with E-state index < -0.39 is 11.0 Å². The maximum Gasteiger partial charge on any atom is 0.410 e. The molecule has 0 radical (unpaired) electrons. The number of carbonyl (C=O) groups excluding carboxylic acids is 2. The van der Waals surface area contributed by atoms with Crippen LogP contribution in [0.1, 0.15) is 72.4 Å². The summed E-state index contributed by atoms with van der Waals surface area (Å²) in [6.45, 7) is 14.0. The number of anilines is 1. The zero-order chi connectivity index (χ0) is 33.5. The van der Waals surface area contributed by atoms with Crippen molar-refractivity contribution in [2.24, 2.45) is 5.41 Å². The van der Waals surface area contributed by atoms with Gasteiger partial charge in [0.1, 0.15) is 11.7 Å². The third-order valence-corrected chi connectivity index (χ3v) is 8.71. The van der Waals surface area contributed by atoms with Crippen LogP contribution in [0.25, 0.3) is 28.0 Å². The highest BCUT2D eigenvalue weighted by molar-refractivity contribution is 5.88. The van der Waals surface area contributed by atoms with E-state index in [0.717, 1.165) is 47.0 Å². The summed E-state index contributed by atoms with van der Waals surface area (Å²) in [5.74, 6) is 0.657. The van der Waals surface area contributed by atoms with Gasteiger partial charge in [0.15, 0.2) is 0 Å². The van der Waals surface area contributed by atoms with Gasteiger partial charge >= 0.3 is 6.09 Å². The quantitative estimate of drug-likeness (QED) is 0.291. The highest BCUT2D eigenvalue weighted by atomic mass is 16.6. The molecule has 1 atom stereocenters. The van der Waals surface area contributed by atoms with E-state index >= 15 is 0 Å². The summed E-state index contributed by atoms with van der Waals surface area (Å²) in [4.78, 5) is 38.3. The predicted molar refractivity (Wildman–Crippen MR) is 179 cm³/mol. The number of piperidine rings is 1. The summed E-state index contributed by atoms with van der Waals surface area (Å²) in [5.41, 5.74) is 3.01. The summed E-state index contributed by atoms with van der Waals surface area (Å²) in [6.07, 6.45) is 11.5. The number of nitrogens with one attached hydrogen (secondary N) is 1. The maximum absolute atomic E-state index is 12.8. The third kappa shape index (κ3) is 6.94. The first kappa shape index (κ1) is 32.0. The predicted octanol–water partition coefficient (Wildman–Crippen LogP) is 5.79. The van der Waals surface area contributed by atoms with Crippen molar-refractivity contribution in [2.45, 2.75) is 78.5 Å². The van der Waals surface area contributed by atoms with Gasteiger partial charge in [0, 0.05) is 78.9 Å². The molecule has 246 valence electrons. The zero-order valence-electron chi connectivity index (χ0n) is 28.0. The minimum absolute atomic E-state index is 0.0586. The number of aromatic nitrogens is 5. The molecule has 3 aromatic heterocycles. The van der Waals surface area contributed by atoms with Crippen LogP contribution in [0.15, 0.2) is 49.2 Å². The van der Waals surface area contributed by atoms with Gasteiger partial charge in [0.2, 0.25) is 11.9 Å². The molecule has 1 aromatic carbocycles. The topological polar surface area (TPSA) is 134 Å². The van der Waals surface area contributed by atoms with Crippen molar-refractivity contribution in [1.29, 1.82) is 5.26 Å². The van der Waals surface area contributed by atoms with Gasteiger partial charge in [-0.15, -0.1) is 0 Å². The van der Waals surface area contributed by atoms with Crippen LogP contribution in [-0.2, 0) is 9.53 Å². The minimum atomic E-state index is -0.508. The molecule has 0 spiro atoms. The molecule has 0 saturated carbocycles.